The predicted octanol–water partition coefficient (Wildman–Crippen LogP) is 1.13. The first-order valence-corrected chi connectivity index (χ1v) is 3.81. The van der Waals surface area contributed by atoms with E-state index in [2.05, 4.69) is 5.32 Å². The van der Waals surface area contributed by atoms with Crippen molar-refractivity contribution in [1.82, 2.24) is 5.32 Å². The number of rotatable bonds is 2. The summed E-state index contributed by atoms with van der Waals surface area (Å²) in [5.41, 5.74) is 1.41. The molecule has 0 atom stereocenters. The van der Waals surface area contributed by atoms with E-state index in [9.17, 15) is 10.2 Å². The second-order valence-corrected chi connectivity index (χ2v) is 2.80. The van der Waals surface area contributed by atoms with Crippen LogP contribution in [0.5, 0.6) is 11.5 Å². The zero-order valence-electron chi connectivity index (χ0n) is 7.26. The Hall–Kier alpha value is -1.22. The van der Waals surface area contributed by atoms with E-state index in [-0.39, 0.29) is 11.5 Å². The summed E-state index contributed by atoms with van der Waals surface area (Å²) in [5.74, 6) is 0.442. The summed E-state index contributed by atoms with van der Waals surface area (Å²) in [6, 6.07) is 3.09. The third-order valence-corrected chi connectivity index (χ3v) is 1.73. The van der Waals surface area contributed by atoms with E-state index in [4.69, 9.17) is 0 Å². The van der Waals surface area contributed by atoms with E-state index in [1.54, 1.807) is 20.0 Å². The van der Waals surface area contributed by atoms with Crippen molar-refractivity contribution in [2.45, 2.75) is 13.5 Å². The first-order chi connectivity index (χ1) is 5.65. The van der Waals surface area contributed by atoms with Crippen LogP contribution in [0.4, 0.5) is 0 Å². The Bertz CT molecular complexity index is 284. The quantitative estimate of drug-likeness (QED) is 0.579. The summed E-state index contributed by atoms with van der Waals surface area (Å²) in [7, 11) is 1.79. The van der Waals surface area contributed by atoms with Gasteiger partial charge in [-0.3, -0.25) is 0 Å². The Morgan fingerprint density at radius 1 is 1.33 bits per heavy atom. The Morgan fingerprint density at radius 3 is 2.58 bits per heavy atom. The third-order valence-electron chi connectivity index (χ3n) is 1.73. The highest BCUT2D eigenvalue weighted by atomic mass is 16.3. The smallest absolute Gasteiger partial charge is 0.123 e. The lowest BCUT2D eigenvalue weighted by atomic mass is 10.1. The first kappa shape index (κ1) is 8.87. The number of aryl methyl sites for hydroxylation is 1. The Kier molecular flexibility index (Phi) is 2.55. The Balaban J connectivity index is 3.09. The minimum absolute atomic E-state index is 0.190. The Labute approximate surface area is 71.7 Å². The van der Waals surface area contributed by atoms with E-state index >= 15 is 0 Å². The second kappa shape index (κ2) is 3.45. The zero-order chi connectivity index (χ0) is 9.14. The van der Waals surface area contributed by atoms with Crippen LogP contribution < -0.4 is 5.32 Å². The number of phenols is 2. The van der Waals surface area contributed by atoms with Gasteiger partial charge in [0.15, 0.2) is 0 Å². The van der Waals surface area contributed by atoms with Crippen molar-refractivity contribution in [3.63, 3.8) is 0 Å². The van der Waals surface area contributed by atoms with Crippen molar-refractivity contribution in [3.05, 3.63) is 23.3 Å². The topological polar surface area (TPSA) is 52.5 Å². The molecule has 0 unspecified atom stereocenters. The molecule has 1 rings (SSSR count). The van der Waals surface area contributed by atoms with Crippen molar-refractivity contribution in [2.24, 2.45) is 0 Å². The van der Waals surface area contributed by atoms with Gasteiger partial charge in [0.2, 0.25) is 0 Å². The summed E-state index contributed by atoms with van der Waals surface area (Å²) in [4.78, 5) is 0. The van der Waals surface area contributed by atoms with Crippen molar-refractivity contribution >= 4 is 0 Å². The van der Waals surface area contributed by atoms with Crippen LogP contribution in [0.1, 0.15) is 11.1 Å². The number of phenolic OH excluding ortho intramolecular Hbond substituents is 2. The molecule has 0 heterocycles. The van der Waals surface area contributed by atoms with Gasteiger partial charge in [-0.1, -0.05) is 0 Å². The van der Waals surface area contributed by atoms with Crippen LogP contribution in [0.3, 0.4) is 0 Å². The van der Waals surface area contributed by atoms with Crippen molar-refractivity contribution in [3.8, 4) is 11.5 Å². The minimum atomic E-state index is 0.190. The molecule has 1 aromatic carbocycles. The predicted molar refractivity (Wildman–Crippen MR) is 47.3 cm³/mol. The normalized spacial score (nSPS) is 10.2. The molecule has 0 saturated heterocycles. The maximum atomic E-state index is 9.50. The summed E-state index contributed by atoms with van der Waals surface area (Å²) in [6.07, 6.45) is 0. The standard InChI is InChI=1S/C9H13NO2/c1-6-3-8(11)4-7(5-10-2)9(6)12/h3-4,10-12H,5H2,1-2H3. The van der Waals surface area contributed by atoms with Crippen molar-refractivity contribution in [1.29, 1.82) is 0 Å². The molecule has 0 aliphatic carbocycles. The highest BCUT2D eigenvalue weighted by Gasteiger charge is 2.04. The van der Waals surface area contributed by atoms with E-state index in [1.807, 2.05) is 0 Å². The van der Waals surface area contributed by atoms with Gasteiger partial charge in [0.25, 0.3) is 0 Å². The van der Waals surface area contributed by atoms with Crippen LogP contribution in [-0.2, 0) is 6.54 Å². The number of nitrogens with one attached hydrogen (secondary N) is 1. The molecule has 0 spiro atoms. The highest BCUT2D eigenvalue weighted by Crippen LogP contribution is 2.26. The summed E-state index contributed by atoms with van der Waals surface area (Å²) >= 11 is 0. The van der Waals surface area contributed by atoms with Crippen molar-refractivity contribution < 1.29 is 10.2 Å². The monoisotopic (exact) mass is 167 g/mol. The van der Waals surface area contributed by atoms with Gasteiger partial charge in [-0.05, 0) is 31.7 Å². The fraction of sp³-hybridized carbons (Fsp3) is 0.333. The van der Waals surface area contributed by atoms with Gasteiger partial charge >= 0.3 is 0 Å². The molecule has 0 saturated carbocycles. The Morgan fingerprint density at radius 2 is 2.00 bits per heavy atom. The average molecular weight is 167 g/mol. The lowest BCUT2D eigenvalue weighted by Crippen LogP contribution is -2.05. The van der Waals surface area contributed by atoms with Crippen LogP contribution in [0.2, 0.25) is 0 Å². The number of aromatic hydroxyl groups is 2. The lowest BCUT2D eigenvalue weighted by Gasteiger charge is -2.06. The molecular formula is C9H13NO2. The zero-order valence-corrected chi connectivity index (χ0v) is 7.26. The van der Waals surface area contributed by atoms with E-state index in [1.165, 1.54) is 6.07 Å². The molecule has 0 aliphatic rings. The molecule has 3 heteroatoms. The molecule has 0 aromatic heterocycles. The fourth-order valence-electron chi connectivity index (χ4n) is 1.16. The molecule has 0 aliphatic heterocycles. The van der Waals surface area contributed by atoms with Crippen LogP contribution in [0.15, 0.2) is 12.1 Å². The largest absolute Gasteiger partial charge is 0.508 e. The molecule has 1 aromatic rings. The molecule has 0 amide bonds. The van der Waals surface area contributed by atoms with E-state index in [0.29, 0.717) is 12.1 Å². The summed E-state index contributed by atoms with van der Waals surface area (Å²) < 4.78 is 0. The van der Waals surface area contributed by atoms with E-state index in [0.717, 1.165) is 5.56 Å². The maximum absolute atomic E-state index is 9.50. The van der Waals surface area contributed by atoms with Crippen LogP contribution in [0.25, 0.3) is 0 Å². The molecule has 3 N–H and O–H groups in total. The van der Waals surface area contributed by atoms with Crippen molar-refractivity contribution in [2.75, 3.05) is 7.05 Å². The lowest BCUT2D eigenvalue weighted by molar-refractivity contribution is 0.448. The average Bonchev–Trinajstić information content (AvgIpc) is 2.00. The summed E-state index contributed by atoms with van der Waals surface area (Å²) in [5, 5.41) is 21.6. The SMILES string of the molecule is CNCc1cc(O)cc(C)c1O. The molecule has 0 fully saturated rings. The van der Waals surface area contributed by atoms with Crippen LogP contribution >= 0.6 is 0 Å². The third kappa shape index (κ3) is 1.68. The van der Waals surface area contributed by atoms with Gasteiger partial charge in [0.05, 0.1) is 0 Å². The van der Waals surface area contributed by atoms with Gasteiger partial charge < -0.3 is 15.5 Å². The fourth-order valence-corrected chi connectivity index (χ4v) is 1.16. The molecule has 66 valence electrons. The maximum Gasteiger partial charge on any atom is 0.123 e. The molecule has 12 heavy (non-hydrogen) atoms. The minimum Gasteiger partial charge on any atom is -0.508 e. The van der Waals surface area contributed by atoms with Gasteiger partial charge in [0.1, 0.15) is 11.5 Å². The first-order valence-electron chi connectivity index (χ1n) is 3.81. The van der Waals surface area contributed by atoms with Gasteiger partial charge in [-0.15, -0.1) is 0 Å². The number of hydrogen-bond acceptors (Lipinski definition) is 3. The number of benzene rings is 1. The second-order valence-electron chi connectivity index (χ2n) is 2.80. The van der Waals surface area contributed by atoms with E-state index < -0.39 is 0 Å². The van der Waals surface area contributed by atoms with Crippen LogP contribution in [0, 0.1) is 6.92 Å². The highest BCUT2D eigenvalue weighted by molar-refractivity contribution is 5.44. The van der Waals surface area contributed by atoms with Gasteiger partial charge in [-0.25, -0.2) is 0 Å². The summed E-state index contributed by atoms with van der Waals surface area (Å²) in [6.45, 7) is 2.31. The molecular weight excluding hydrogens is 154 g/mol. The van der Waals surface area contributed by atoms with Gasteiger partial charge in [-0.2, -0.15) is 0 Å². The molecule has 0 radical (unpaired) electrons. The van der Waals surface area contributed by atoms with Gasteiger partial charge in [0, 0.05) is 12.1 Å². The molecule has 3 nitrogen and oxygen atoms in total. The van der Waals surface area contributed by atoms with Crippen LogP contribution in [-0.4, -0.2) is 17.3 Å². The molecule has 0 bridgehead atoms. The number of hydrogen-bond donors (Lipinski definition) is 3.